The first-order valence-electron chi connectivity index (χ1n) is 11.0. The summed E-state index contributed by atoms with van der Waals surface area (Å²) >= 11 is 1.58. The van der Waals surface area contributed by atoms with E-state index >= 15 is 0 Å². The van der Waals surface area contributed by atoms with Gasteiger partial charge in [-0.05, 0) is 68.1 Å². The van der Waals surface area contributed by atoms with Crippen molar-refractivity contribution in [3.8, 4) is 0 Å². The second kappa shape index (κ2) is 8.72. The molecule has 32 heavy (non-hydrogen) atoms. The van der Waals surface area contributed by atoms with Crippen LogP contribution in [0.1, 0.15) is 58.3 Å². The van der Waals surface area contributed by atoms with Crippen molar-refractivity contribution >= 4 is 39.5 Å². The molecule has 3 heterocycles. The van der Waals surface area contributed by atoms with Crippen LogP contribution in [0, 0.1) is 0 Å². The number of rotatable bonds is 5. The summed E-state index contributed by atoms with van der Waals surface area (Å²) in [6.07, 6.45) is 5.05. The quantitative estimate of drug-likeness (QED) is 0.661. The van der Waals surface area contributed by atoms with Gasteiger partial charge in [0.05, 0.1) is 21.1 Å². The molecule has 5 rings (SSSR count). The van der Waals surface area contributed by atoms with Crippen molar-refractivity contribution in [2.45, 2.75) is 61.7 Å². The summed E-state index contributed by atoms with van der Waals surface area (Å²) in [4.78, 5) is 15.2. The Bertz CT molecular complexity index is 1100. The molecule has 0 bridgehead atoms. The van der Waals surface area contributed by atoms with E-state index < -0.39 is 9.84 Å². The van der Waals surface area contributed by atoms with Crippen molar-refractivity contribution in [2.24, 2.45) is 0 Å². The van der Waals surface area contributed by atoms with E-state index in [0.29, 0.717) is 11.4 Å². The highest BCUT2D eigenvalue weighted by atomic mass is 35.5. The maximum atomic E-state index is 12.9. The minimum Gasteiger partial charge on any atom is -0.363 e. The number of piperidine rings is 1. The molecular weight excluding hydrogens is 468 g/mol. The van der Waals surface area contributed by atoms with Crippen molar-refractivity contribution in [3.05, 3.63) is 51.2 Å². The second-order valence-electron chi connectivity index (χ2n) is 8.90. The highest BCUT2D eigenvalue weighted by Gasteiger charge is 2.56. The second-order valence-corrected chi connectivity index (χ2v) is 12.2. The summed E-state index contributed by atoms with van der Waals surface area (Å²) in [6, 6.07) is 8.81. The molecule has 1 aromatic heterocycles. The lowest BCUT2D eigenvalue weighted by molar-refractivity contribution is -0.138. The standard InChI is InChI=1S/C23H28N2O4S2.ClH/c1-2-31(27,28)18-5-3-16(4-6-18)15-25-21(26)19-13-17-14-22(7-8-22)29-23(20(17)30-19)9-11-24-12-10-23;/h3-6,13,24H,2,7-12,14-15H2,1H3,(H,25,26);1H. The fraction of sp³-hybridized carbons (Fsp3) is 0.522. The number of sulfone groups is 1. The highest BCUT2D eigenvalue weighted by molar-refractivity contribution is 7.91. The molecule has 1 aromatic carbocycles. The number of carbonyl (C=O) groups is 1. The normalized spacial score (nSPS) is 20.4. The molecule has 1 aliphatic carbocycles. The molecule has 2 spiro atoms. The molecule has 0 unspecified atom stereocenters. The maximum Gasteiger partial charge on any atom is 0.261 e. The summed E-state index contributed by atoms with van der Waals surface area (Å²) < 4.78 is 30.6. The number of halogens is 1. The van der Waals surface area contributed by atoms with Gasteiger partial charge in [0.2, 0.25) is 0 Å². The minimum atomic E-state index is -3.21. The maximum absolute atomic E-state index is 12.9. The van der Waals surface area contributed by atoms with Crippen LogP contribution in [0.2, 0.25) is 0 Å². The third-order valence-electron chi connectivity index (χ3n) is 6.71. The molecule has 174 valence electrons. The number of hydrogen-bond acceptors (Lipinski definition) is 6. The number of fused-ring (bicyclic) bond motifs is 2. The summed E-state index contributed by atoms with van der Waals surface area (Å²) in [5, 5.41) is 6.42. The van der Waals surface area contributed by atoms with Crippen molar-refractivity contribution in [3.63, 3.8) is 0 Å². The smallest absolute Gasteiger partial charge is 0.261 e. The lowest BCUT2D eigenvalue weighted by atomic mass is 9.84. The molecule has 0 atom stereocenters. The van der Waals surface area contributed by atoms with Crippen LogP contribution in [0.25, 0.3) is 0 Å². The first kappa shape index (κ1) is 23.7. The van der Waals surface area contributed by atoms with Crippen molar-refractivity contribution in [1.29, 1.82) is 0 Å². The predicted molar refractivity (Wildman–Crippen MR) is 127 cm³/mol. The first-order valence-corrected chi connectivity index (χ1v) is 13.5. The number of hydrogen-bond donors (Lipinski definition) is 2. The van der Waals surface area contributed by atoms with Gasteiger partial charge in [-0.3, -0.25) is 4.79 Å². The summed E-state index contributed by atoms with van der Waals surface area (Å²) in [5.74, 6) is -0.00658. The van der Waals surface area contributed by atoms with Crippen LogP contribution in [0.3, 0.4) is 0 Å². The van der Waals surface area contributed by atoms with Crippen molar-refractivity contribution < 1.29 is 17.9 Å². The van der Waals surface area contributed by atoms with Gasteiger partial charge in [0.1, 0.15) is 5.60 Å². The Kier molecular flexibility index (Phi) is 6.46. The first-order chi connectivity index (χ1) is 14.8. The average molecular weight is 497 g/mol. The monoisotopic (exact) mass is 496 g/mol. The molecule has 2 N–H and O–H groups in total. The Morgan fingerprint density at radius 2 is 1.84 bits per heavy atom. The molecule has 9 heteroatoms. The van der Waals surface area contributed by atoms with E-state index in [9.17, 15) is 13.2 Å². The topological polar surface area (TPSA) is 84.5 Å². The van der Waals surface area contributed by atoms with E-state index in [1.165, 1.54) is 10.4 Å². The summed E-state index contributed by atoms with van der Waals surface area (Å²) in [6.45, 7) is 3.88. The summed E-state index contributed by atoms with van der Waals surface area (Å²) in [5.41, 5.74) is 1.92. The lowest BCUT2D eigenvalue weighted by Crippen LogP contribution is -2.47. The molecular formula is C23H29ClN2O4S2. The van der Waals surface area contributed by atoms with Gasteiger partial charge in [0.25, 0.3) is 5.91 Å². The van der Waals surface area contributed by atoms with Crippen molar-refractivity contribution in [2.75, 3.05) is 18.8 Å². The van der Waals surface area contributed by atoms with Gasteiger partial charge >= 0.3 is 0 Å². The van der Waals surface area contributed by atoms with Crippen LogP contribution in [0.5, 0.6) is 0 Å². The molecule has 1 saturated carbocycles. The van der Waals surface area contributed by atoms with Gasteiger partial charge in [-0.15, -0.1) is 23.7 Å². The molecule has 1 saturated heterocycles. The number of benzene rings is 1. The number of nitrogens with one attached hydrogen (secondary N) is 2. The molecule has 2 aliphatic heterocycles. The zero-order chi connectivity index (χ0) is 21.7. The van der Waals surface area contributed by atoms with E-state index in [2.05, 4.69) is 16.7 Å². The molecule has 2 aromatic rings. The lowest BCUT2D eigenvalue weighted by Gasteiger charge is -2.44. The third kappa shape index (κ3) is 4.35. The Hall–Kier alpha value is -1.45. The van der Waals surface area contributed by atoms with Crippen LogP contribution in [-0.4, -0.2) is 38.8 Å². The SMILES string of the molecule is CCS(=O)(=O)c1ccc(CNC(=O)c2cc3c(s2)C2(CCNCC2)OC2(CC2)C3)cc1.Cl. The van der Waals surface area contributed by atoms with Crippen LogP contribution >= 0.6 is 23.7 Å². The number of thiophene rings is 1. The van der Waals surface area contributed by atoms with Gasteiger partial charge in [0.15, 0.2) is 9.84 Å². The fourth-order valence-electron chi connectivity index (χ4n) is 4.73. The van der Waals surface area contributed by atoms with E-state index in [4.69, 9.17) is 4.74 Å². The number of ether oxygens (including phenoxy) is 1. The number of amides is 1. The predicted octanol–water partition coefficient (Wildman–Crippen LogP) is 3.58. The minimum absolute atomic E-state index is 0. The van der Waals surface area contributed by atoms with E-state index in [1.807, 2.05) is 0 Å². The average Bonchev–Trinajstić information content (AvgIpc) is 3.36. The van der Waals surface area contributed by atoms with Gasteiger partial charge < -0.3 is 15.4 Å². The van der Waals surface area contributed by atoms with Crippen LogP contribution in [-0.2, 0) is 33.1 Å². The fourth-order valence-corrected chi connectivity index (χ4v) is 6.89. The number of carbonyl (C=O) groups excluding carboxylic acids is 1. The van der Waals surface area contributed by atoms with Gasteiger partial charge in [-0.2, -0.15) is 0 Å². The highest BCUT2D eigenvalue weighted by Crippen LogP contribution is 2.56. The Labute approximate surface area is 199 Å². The molecule has 3 aliphatic rings. The van der Waals surface area contributed by atoms with Gasteiger partial charge in [0, 0.05) is 17.8 Å². The Morgan fingerprint density at radius 3 is 2.47 bits per heavy atom. The van der Waals surface area contributed by atoms with Crippen LogP contribution < -0.4 is 10.6 Å². The summed E-state index contributed by atoms with van der Waals surface area (Å²) in [7, 11) is -3.21. The van der Waals surface area contributed by atoms with E-state index in [-0.39, 0.29) is 35.3 Å². The third-order valence-corrected chi connectivity index (χ3v) is 9.82. The molecule has 2 fully saturated rings. The van der Waals surface area contributed by atoms with E-state index in [1.54, 1.807) is 42.5 Å². The molecule has 6 nitrogen and oxygen atoms in total. The van der Waals surface area contributed by atoms with E-state index in [0.717, 1.165) is 55.6 Å². The Balaban J connectivity index is 0.00000245. The van der Waals surface area contributed by atoms with Crippen molar-refractivity contribution in [1.82, 2.24) is 10.6 Å². The van der Waals surface area contributed by atoms with Gasteiger partial charge in [-0.1, -0.05) is 19.1 Å². The molecule has 1 amide bonds. The van der Waals surface area contributed by atoms with Crippen LogP contribution in [0.15, 0.2) is 35.2 Å². The zero-order valence-electron chi connectivity index (χ0n) is 18.1. The molecule has 0 radical (unpaired) electrons. The van der Waals surface area contributed by atoms with Gasteiger partial charge in [-0.25, -0.2) is 8.42 Å². The largest absolute Gasteiger partial charge is 0.363 e. The Morgan fingerprint density at radius 1 is 1.16 bits per heavy atom. The zero-order valence-corrected chi connectivity index (χ0v) is 20.6. The van der Waals surface area contributed by atoms with Crippen LogP contribution in [0.4, 0.5) is 0 Å².